The average molecular weight is 284 g/mol. The summed E-state index contributed by atoms with van der Waals surface area (Å²) in [5.41, 5.74) is 0.733. The van der Waals surface area contributed by atoms with Gasteiger partial charge in [-0.1, -0.05) is 34.1 Å². The fourth-order valence-corrected chi connectivity index (χ4v) is 2.26. The van der Waals surface area contributed by atoms with Crippen molar-refractivity contribution in [1.29, 1.82) is 0 Å². The Morgan fingerprint density at radius 3 is 3.00 bits per heavy atom. The van der Waals surface area contributed by atoms with Gasteiger partial charge in [0.2, 0.25) is 0 Å². The largest absolute Gasteiger partial charge is 0.375 e. The molecule has 86 valence electrons. The van der Waals surface area contributed by atoms with Crippen LogP contribution >= 0.6 is 15.9 Å². The normalized spacial score (nSPS) is 20.7. The quantitative estimate of drug-likeness (QED) is 0.863. The Morgan fingerprint density at radius 2 is 2.31 bits per heavy atom. The summed E-state index contributed by atoms with van der Waals surface area (Å²) in [5.74, 6) is 0.126. The number of nitrogens with one attached hydrogen (secondary N) is 1. The highest BCUT2D eigenvalue weighted by Gasteiger charge is 2.19. The minimum Gasteiger partial charge on any atom is -0.375 e. The van der Waals surface area contributed by atoms with Crippen molar-refractivity contribution in [2.45, 2.75) is 12.5 Å². The van der Waals surface area contributed by atoms with Gasteiger partial charge in [0.25, 0.3) is 0 Å². The van der Waals surface area contributed by atoms with E-state index in [1.54, 1.807) is 0 Å². The van der Waals surface area contributed by atoms with Gasteiger partial charge in [-0.05, 0) is 6.07 Å². The van der Waals surface area contributed by atoms with Crippen molar-refractivity contribution in [2.75, 3.05) is 19.7 Å². The lowest BCUT2D eigenvalue weighted by Crippen LogP contribution is -2.39. The van der Waals surface area contributed by atoms with E-state index in [1.807, 2.05) is 24.3 Å². The minimum absolute atomic E-state index is 0.00774. The molecule has 0 radical (unpaired) electrons. The summed E-state index contributed by atoms with van der Waals surface area (Å²) >= 11 is 3.38. The van der Waals surface area contributed by atoms with Crippen LogP contribution in [0.15, 0.2) is 28.7 Å². The highest BCUT2D eigenvalue weighted by atomic mass is 79.9. The average Bonchev–Trinajstić information content (AvgIpc) is 2.31. The Hall–Kier alpha value is -0.710. The van der Waals surface area contributed by atoms with Crippen LogP contribution in [0.4, 0.5) is 0 Å². The topological polar surface area (TPSA) is 38.3 Å². The van der Waals surface area contributed by atoms with Gasteiger partial charge in [-0.25, -0.2) is 0 Å². The first-order valence-corrected chi connectivity index (χ1v) is 6.16. The number of ketones is 1. The van der Waals surface area contributed by atoms with Gasteiger partial charge in [0.1, 0.15) is 0 Å². The van der Waals surface area contributed by atoms with Crippen molar-refractivity contribution in [3.05, 3.63) is 34.3 Å². The summed E-state index contributed by atoms with van der Waals surface area (Å²) in [6, 6.07) is 7.49. The van der Waals surface area contributed by atoms with Crippen LogP contribution in [0, 0.1) is 0 Å². The van der Waals surface area contributed by atoms with Gasteiger partial charge in [-0.2, -0.15) is 0 Å². The molecule has 1 heterocycles. The third kappa shape index (κ3) is 2.90. The van der Waals surface area contributed by atoms with Crippen LogP contribution in [-0.2, 0) is 4.74 Å². The monoisotopic (exact) mass is 283 g/mol. The Kier molecular flexibility index (Phi) is 4.09. The van der Waals surface area contributed by atoms with Crippen molar-refractivity contribution in [3.63, 3.8) is 0 Å². The number of ether oxygens (including phenoxy) is 1. The third-order valence-electron chi connectivity index (χ3n) is 2.59. The summed E-state index contributed by atoms with van der Waals surface area (Å²) in [4.78, 5) is 12.0. The molecule has 1 N–H and O–H groups in total. The van der Waals surface area contributed by atoms with Gasteiger partial charge in [-0.15, -0.1) is 0 Å². The number of carbonyl (C=O) groups is 1. The highest BCUT2D eigenvalue weighted by Crippen LogP contribution is 2.18. The fourth-order valence-electron chi connectivity index (χ4n) is 1.75. The molecule has 0 aliphatic carbocycles. The van der Waals surface area contributed by atoms with Gasteiger partial charge in [0.15, 0.2) is 5.78 Å². The first-order valence-electron chi connectivity index (χ1n) is 5.37. The van der Waals surface area contributed by atoms with E-state index in [2.05, 4.69) is 21.2 Å². The number of halogens is 1. The molecule has 0 spiro atoms. The molecular formula is C12H14BrNO2. The molecule has 1 aliphatic rings. The lowest BCUT2D eigenvalue weighted by molar-refractivity contribution is 0.0240. The fraction of sp³-hybridized carbons (Fsp3) is 0.417. The maximum Gasteiger partial charge on any atom is 0.166 e. The maximum atomic E-state index is 12.0. The van der Waals surface area contributed by atoms with E-state index in [-0.39, 0.29) is 11.9 Å². The number of hydrogen-bond acceptors (Lipinski definition) is 3. The number of carbonyl (C=O) groups excluding carboxylic acids is 1. The molecule has 1 fully saturated rings. The zero-order valence-corrected chi connectivity index (χ0v) is 10.5. The number of rotatable bonds is 3. The lowest BCUT2D eigenvalue weighted by atomic mass is 10.0. The Bertz CT molecular complexity index is 375. The first-order chi connectivity index (χ1) is 7.77. The van der Waals surface area contributed by atoms with Crippen LogP contribution in [0.1, 0.15) is 16.8 Å². The van der Waals surface area contributed by atoms with Crippen LogP contribution < -0.4 is 5.32 Å². The van der Waals surface area contributed by atoms with E-state index in [4.69, 9.17) is 4.74 Å². The van der Waals surface area contributed by atoms with E-state index in [1.165, 1.54) is 0 Å². The second kappa shape index (κ2) is 5.57. The Morgan fingerprint density at radius 1 is 1.50 bits per heavy atom. The molecule has 1 aromatic carbocycles. The molecule has 16 heavy (non-hydrogen) atoms. The summed E-state index contributed by atoms with van der Waals surface area (Å²) < 4.78 is 6.36. The smallest absolute Gasteiger partial charge is 0.166 e. The number of Topliss-reactive ketones (excluding diaryl/α,β-unsaturated/α-hetero) is 1. The minimum atomic E-state index is 0.00774. The maximum absolute atomic E-state index is 12.0. The molecule has 1 saturated heterocycles. The zero-order valence-electron chi connectivity index (χ0n) is 8.91. The van der Waals surface area contributed by atoms with E-state index >= 15 is 0 Å². The summed E-state index contributed by atoms with van der Waals surface area (Å²) in [6.45, 7) is 2.32. The van der Waals surface area contributed by atoms with Crippen LogP contribution in [0.2, 0.25) is 0 Å². The van der Waals surface area contributed by atoms with E-state index < -0.39 is 0 Å². The molecule has 0 aromatic heterocycles. The molecule has 0 saturated carbocycles. The van der Waals surface area contributed by atoms with Gasteiger partial charge in [-0.3, -0.25) is 4.79 Å². The summed E-state index contributed by atoms with van der Waals surface area (Å²) in [6.07, 6.45) is 0.448. The van der Waals surface area contributed by atoms with Crippen LogP contribution in [-0.4, -0.2) is 31.6 Å². The van der Waals surface area contributed by atoms with Gasteiger partial charge >= 0.3 is 0 Å². The first kappa shape index (κ1) is 11.8. The molecule has 1 aliphatic heterocycles. The molecule has 2 rings (SSSR count). The second-order valence-electron chi connectivity index (χ2n) is 3.80. The zero-order chi connectivity index (χ0) is 11.4. The molecule has 1 unspecified atom stereocenters. The Labute approximate surface area is 103 Å². The van der Waals surface area contributed by atoms with Gasteiger partial charge < -0.3 is 10.1 Å². The van der Waals surface area contributed by atoms with Crippen LogP contribution in [0.25, 0.3) is 0 Å². The van der Waals surface area contributed by atoms with Crippen molar-refractivity contribution in [1.82, 2.24) is 5.32 Å². The van der Waals surface area contributed by atoms with Crippen molar-refractivity contribution in [3.8, 4) is 0 Å². The molecule has 0 bridgehead atoms. The van der Waals surface area contributed by atoms with Crippen LogP contribution in [0.5, 0.6) is 0 Å². The van der Waals surface area contributed by atoms with E-state index in [0.29, 0.717) is 13.0 Å². The molecule has 1 aromatic rings. The number of hydrogen-bond donors (Lipinski definition) is 1. The van der Waals surface area contributed by atoms with E-state index in [9.17, 15) is 4.79 Å². The highest BCUT2D eigenvalue weighted by molar-refractivity contribution is 9.10. The molecular weight excluding hydrogens is 270 g/mol. The standard InChI is InChI=1S/C12H14BrNO2/c13-11-4-2-1-3-10(11)12(15)7-9-8-14-5-6-16-9/h1-4,9,14H,5-8H2. The molecule has 1 atom stereocenters. The summed E-state index contributed by atoms with van der Waals surface area (Å²) in [7, 11) is 0. The second-order valence-corrected chi connectivity index (χ2v) is 4.66. The van der Waals surface area contributed by atoms with Gasteiger partial charge in [0.05, 0.1) is 12.7 Å². The van der Waals surface area contributed by atoms with Gasteiger partial charge in [0, 0.05) is 29.5 Å². The van der Waals surface area contributed by atoms with E-state index in [0.717, 1.165) is 23.1 Å². The number of benzene rings is 1. The third-order valence-corrected chi connectivity index (χ3v) is 3.28. The predicted octanol–water partition coefficient (Wildman–Crippen LogP) is 2.01. The van der Waals surface area contributed by atoms with Crippen molar-refractivity contribution >= 4 is 21.7 Å². The van der Waals surface area contributed by atoms with Crippen LogP contribution in [0.3, 0.4) is 0 Å². The summed E-state index contributed by atoms with van der Waals surface area (Å²) in [5, 5.41) is 3.22. The van der Waals surface area contributed by atoms with Crippen molar-refractivity contribution in [2.24, 2.45) is 0 Å². The predicted molar refractivity (Wildman–Crippen MR) is 65.7 cm³/mol. The molecule has 0 amide bonds. The SMILES string of the molecule is O=C(CC1CNCCO1)c1ccccc1Br. The lowest BCUT2D eigenvalue weighted by Gasteiger charge is -2.23. The van der Waals surface area contributed by atoms with Crippen molar-refractivity contribution < 1.29 is 9.53 Å². The molecule has 4 heteroatoms. The molecule has 3 nitrogen and oxygen atoms in total. The Balaban J connectivity index is 2.00. The number of morpholine rings is 1.